The highest BCUT2D eigenvalue weighted by Gasteiger charge is 2.19. The number of nitrogens with one attached hydrogen (secondary N) is 1. The lowest BCUT2D eigenvalue weighted by Crippen LogP contribution is -2.15. The summed E-state index contributed by atoms with van der Waals surface area (Å²) < 4.78 is 8.71. The summed E-state index contributed by atoms with van der Waals surface area (Å²) >= 11 is 4.68. The van der Waals surface area contributed by atoms with Crippen molar-refractivity contribution in [3.63, 3.8) is 0 Å². The average molecular weight is 528 g/mol. The Bertz CT molecular complexity index is 1380. The van der Waals surface area contributed by atoms with Crippen molar-refractivity contribution in [1.82, 2.24) is 14.8 Å². The predicted molar refractivity (Wildman–Crippen MR) is 130 cm³/mol. The van der Waals surface area contributed by atoms with E-state index in [0.717, 1.165) is 15.4 Å². The highest BCUT2D eigenvalue weighted by Crippen LogP contribution is 2.31. The molecule has 0 saturated carbocycles. The Labute approximate surface area is 201 Å². The van der Waals surface area contributed by atoms with E-state index in [0.29, 0.717) is 34.5 Å². The number of rotatable bonds is 8. The van der Waals surface area contributed by atoms with E-state index in [1.54, 1.807) is 13.0 Å². The van der Waals surface area contributed by atoms with Crippen LogP contribution in [0.4, 0.5) is 11.4 Å². The Kier molecular flexibility index (Phi) is 6.61. The number of carbonyl (C=O) groups excluding carboxylic acids is 1. The molecule has 9 nitrogen and oxygen atoms in total. The van der Waals surface area contributed by atoms with Crippen LogP contribution in [-0.4, -0.2) is 31.3 Å². The van der Waals surface area contributed by atoms with Gasteiger partial charge in [0.2, 0.25) is 11.7 Å². The number of furan rings is 1. The summed E-state index contributed by atoms with van der Waals surface area (Å²) in [4.78, 5) is 22.9. The van der Waals surface area contributed by atoms with Gasteiger partial charge in [0, 0.05) is 34.2 Å². The topological polar surface area (TPSA) is 116 Å². The number of carbonyl (C=O) groups is 1. The van der Waals surface area contributed by atoms with Crippen molar-refractivity contribution >= 4 is 55.9 Å². The van der Waals surface area contributed by atoms with Crippen LogP contribution >= 0.6 is 27.7 Å². The molecule has 11 heteroatoms. The molecular formula is C22H18BrN5O4S. The molecule has 0 atom stereocenters. The van der Waals surface area contributed by atoms with E-state index in [1.807, 2.05) is 28.8 Å². The van der Waals surface area contributed by atoms with Crippen LogP contribution in [0.25, 0.3) is 22.6 Å². The Hall–Kier alpha value is -3.44. The van der Waals surface area contributed by atoms with Gasteiger partial charge in [-0.3, -0.25) is 19.5 Å². The number of hydrogen-bond donors (Lipinski definition) is 1. The number of fused-ring (bicyclic) bond motifs is 1. The summed E-state index contributed by atoms with van der Waals surface area (Å²) in [6, 6.07) is 11.9. The van der Waals surface area contributed by atoms with Gasteiger partial charge in [-0.1, -0.05) is 33.8 Å². The van der Waals surface area contributed by atoms with Crippen LogP contribution in [0.1, 0.15) is 5.56 Å². The highest BCUT2D eigenvalue weighted by molar-refractivity contribution is 9.10. The summed E-state index contributed by atoms with van der Waals surface area (Å²) in [5.74, 6) is 0.922. The number of nitro groups is 1. The molecule has 4 aromatic rings. The number of allylic oxidation sites excluding steroid dienone is 1. The number of halogens is 1. The van der Waals surface area contributed by atoms with Crippen LogP contribution < -0.4 is 5.32 Å². The Balaban J connectivity index is 1.50. The van der Waals surface area contributed by atoms with Gasteiger partial charge in [-0.2, -0.15) is 0 Å². The predicted octanol–water partition coefficient (Wildman–Crippen LogP) is 5.59. The molecule has 0 unspecified atom stereocenters. The van der Waals surface area contributed by atoms with Crippen LogP contribution in [0, 0.1) is 17.0 Å². The van der Waals surface area contributed by atoms with E-state index in [2.05, 4.69) is 38.0 Å². The molecule has 0 aliphatic heterocycles. The Morgan fingerprint density at radius 3 is 2.85 bits per heavy atom. The van der Waals surface area contributed by atoms with Gasteiger partial charge >= 0.3 is 0 Å². The summed E-state index contributed by atoms with van der Waals surface area (Å²) in [5, 5.41) is 23.6. The number of nitrogens with zero attached hydrogens (tertiary/aromatic N) is 4. The van der Waals surface area contributed by atoms with E-state index in [-0.39, 0.29) is 17.3 Å². The third-order valence-corrected chi connectivity index (χ3v) is 6.21. The van der Waals surface area contributed by atoms with Crippen LogP contribution in [0.2, 0.25) is 0 Å². The fraction of sp³-hybridized carbons (Fsp3) is 0.136. The number of hydrogen-bond acceptors (Lipinski definition) is 7. The van der Waals surface area contributed by atoms with E-state index >= 15 is 0 Å². The third-order valence-electron chi connectivity index (χ3n) is 4.75. The van der Waals surface area contributed by atoms with Gasteiger partial charge in [-0.25, -0.2) is 0 Å². The highest BCUT2D eigenvalue weighted by atomic mass is 79.9. The molecule has 2 aromatic carbocycles. The number of amides is 1. The molecule has 0 fully saturated rings. The van der Waals surface area contributed by atoms with Crippen LogP contribution in [0.5, 0.6) is 0 Å². The molecule has 0 radical (unpaired) electrons. The summed E-state index contributed by atoms with van der Waals surface area (Å²) in [5.41, 5.74) is 1.83. The van der Waals surface area contributed by atoms with Gasteiger partial charge in [0.25, 0.3) is 5.69 Å². The van der Waals surface area contributed by atoms with Gasteiger partial charge in [0.15, 0.2) is 10.9 Å². The second kappa shape index (κ2) is 9.59. The van der Waals surface area contributed by atoms with Crippen molar-refractivity contribution in [3.8, 4) is 11.6 Å². The minimum absolute atomic E-state index is 0.0251. The first-order valence-electron chi connectivity index (χ1n) is 9.77. The lowest BCUT2D eigenvalue weighted by molar-refractivity contribution is -0.384. The van der Waals surface area contributed by atoms with Crippen LogP contribution in [0.15, 0.2) is 69.2 Å². The fourth-order valence-corrected chi connectivity index (χ4v) is 4.34. The lowest BCUT2D eigenvalue weighted by Gasteiger charge is -2.09. The van der Waals surface area contributed by atoms with Gasteiger partial charge in [-0.15, -0.1) is 16.8 Å². The monoisotopic (exact) mass is 527 g/mol. The Morgan fingerprint density at radius 1 is 1.30 bits per heavy atom. The van der Waals surface area contributed by atoms with E-state index in [4.69, 9.17) is 4.42 Å². The zero-order valence-electron chi connectivity index (χ0n) is 17.4. The van der Waals surface area contributed by atoms with Crippen molar-refractivity contribution in [2.75, 3.05) is 11.1 Å². The van der Waals surface area contributed by atoms with Gasteiger partial charge in [0.1, 0.15) is 5.58 Å². The number of aryl methyl sites for hydroxylation is 1. The van der Waals surface area contributed by atoms with Crippen LogP contribution in [0.3, 0.4) is 0 Å². The first kappa shape index (κ1) is 22.7. The number of non-ortho nitro benzene ring substituents is 1. The Morgan fingerprint density at radius 2 is 2.12 bits per heavy atom. The van der Waals surface area contributed by atoms with Gasteiger partial charge < -0.3 is 9.73 Å². The summed E-state index contributed by atoms with van der Waals surface area (Å²) in [6.45, 7) is 5.94. The number of aromatic nitrogens is 3. The fourth-order valence-electron chi connectivity index (χ4n) is 3.21. The largest absolute Gasteiger partial charge is 0.453 e. The molecule has 0 aliphatic carbocycles. The second-order valence-corrected chi connectivity index (χ2v) is 8.95. The van der Waals surface area contributed by atoms with Crippen LogP contribution in [-0.2, 0) is 11.3 Å². The first-order chi connectivity index (χ1) is 15.9. The van der Waals surface area contributed by atoms with E-state index < -0.39 is 4.92 Å². The van der Waals surface area contributed by atoms with Gasteiger partial charge in [-0.05, 0) is 42.8 Å². The van der Waals surface area contributed by atoms with E-state index in [9.17, 15) is 14.9 Å². The number of anilines is 1. The summed E-state index contributed by atoms with van der Waals surface area (Å²) in [7, 11) is 0. The third kappa shape index (κ3) is 4.99. The van der Waals surface area contributed by atoms with Gasteiger partial charge in [0.05, 0.1) is 10.7 Å². The second-order valence-electron chi connectivity index (χ2n) is 7.09. The molecule has 4 rings (SSSR count). The number of nitro benzene ring substituents is 1. The minimum atomic E-state index is -0.473. The molecule has 1 amide bonds. The minimum Gasteiger partial charge on any atom is -0.453 e. The average Bonchev–Trinajstić information content (AvgIpc) is 3.37. The zero-order chi connectivity index (χ0) is 23.5. The molecule has 1 N–H and O–H groups in total. The molecule has 33 heavy (non-hydrogen) atoms. The SMILES string of the molecule is C=CCn1c(SCC(=O)Nc2ccc([N+](=O)[O-])cc2C)nnc1-c1cc2cc(Br)ccc2o1. The van der Waals surface area contributed by atoms with Crippen molar-refractivity contribution in [2.24, 2.45) is 0 Å². The normalized spacial score (nSPS) is 11.0. The molecule has 0 bridgehead atoms. The quantitative estimate of drug-likeness (QED) is 0.137. The molecular weight excluding hydrogens is 510 g/mol. The maximum absolute atomic E-state index is 12.5. The molecule has 168 valence electrons. The number of benzene rings is 2. The standard InChI is InChI=1S/C22H18BrN5O4S/c1-3-8-27-21(19-11-14-10-15(23)4-7-18(14)32-19)25-26-22(27)33-12-20(29)24-17-6-5-16(28(30)31)9-13(17)2/h3-7,9-11H,1,8,12H2,2H3,(H,24,29). The first-order valence-corrected chi connectivity index (χ1v) is 11.5. The van der Waals surface area contributed by atoms with Crippen molar-refractivity contribution in [2.45, 2.75) is 18.6 Å². The maximum atomic E-state index is 12.5. The van der Waals surface area contributed by atoms with Crippen molar-refractivity contribution in [1.29, 1.82) is 0 Å². The molecule has 0 saturated heterocycles. The maximum Gasteiger partial charge on any atom is 0.269 e. The smallest absolute Gasteiger partial charge is 0.269 e. The van der Waals surface area contributed by atoms with E-state index in [1.165, 1.54) is 30.0 Å². The number of thioether (sulfide) groups is 1. The summed E-state index contributed by atoms with van der Waals surface area (Å²) in [6.07, 6.45) is 1.72. The lowest BCUT2D eigenvalue weighted by atomic mass is 10.2. The molecule has 2 heterocycles. The molecule has 0 aliphatic rings. The molecule has 0 spiro atoms. The van der Waals surface area contributed by atoms with Crippen molar-refractivity contribution < 1.29 is 14.1 Å². The molecule has 2 aromatic heterocycles. The van der Waals surface area contributed by atoms with Crippen molar-refractivity contribution in [3.05, 3.63) is 75.3 Å². The zero-order valence-corrected chi connectivity index (χ0v) is 19.9.